The maximum Gasteiger partial charge on any atom is 0.238 e. The van der Waals surface area contributed by atoms with Crippen LogP contribution in [0, 0.1) is 0 Å². The van der Waals surface area contributed by atoms with Gasteiger partial charge in [0, 0.05) is 17.1 Å². The second kappa shape index (κ2) is 6.31. The van der Waals surface area contributed by atoms with E-state index in [-0.39, 0.29) is 5.91 Å². The van der Waals surface area contributed by atoms with Gasteiger partial charge >= 0.3 is 0 Å². The number of nitrogens with one attached hydrogen (secondary N) is 2. The van der Waals surface area contributed by atoms with Crippen LogP contribution >= 0.6 is 15.9 Å². The minimum absolute atomic E-state index is 0.0244. The summed E-state index contributed by atoms with van der Waals surface area (Å²) in [6.07, 6.45) is 1.11. The minimum Gasteiger partial charge on any atom is -0.324 e. The molecule has 0 aliphatic carbocycles. The molecule has 0 spiro atoms. The number of para-hydroxylation sites is 1. The van der Waals surface area contributed by atoms with Crippen LogP contribution in [0.25, 0.3) is 0 Å². The van der Waals surface area contributed by atoms with Gasteiger partial charge in [0.2, 0.25) is 5.91 Å². The number of hydrogen-bond acceptors (Lipinski definition) is 3. The number of benzene rings is 1. The highest BCUT2D eigenvalue weighted by atomic mass is 79.9. The first-order valence-corrected chi connectivity index (χ1v) is 6.91. The predicted octanol–water partition coefficient (Wildman–Crippen LogP) is 1.68. The summed E-state index contributed by atoms with van der Waals surface area (Å²) < 4.78 is 0.906. The molecule has 1 fully saturated rings. The van der Waals surface area contributed by atoms with E-state index in [9.17, 15) is 4.79 Å². The second-order valence-corrected chi connectivity index (χ2v) is 5.44. The second-order valence-electron chi connectivity index (χ2n) is 4.59. The quantitative estimate of drug-likeness (QED) is 0.889. The van der Waals surface area contributed by atoms with Crippen molar-refractivity contribution in [3.63, 3.8) is 0 Å². The zero-order chi connectivity index (χ0) is 13.0. The normalized spacial score (nSPS) is 19.2. The van der Waals surface area contributed by atoms with Crippen LogP contribution in [0.2, 0.25) is 0 Å². The molecule has 18 heavy (non-hydrogen) atoms. The van der Waals surface area contributed by atoms with Crippen molar-refractivity contribution in [1.29, 1.82) is 0 Å². The first kappa shape index (κ1) is 13.5. The van der Waals surface area contributed by atoms with Gasteiger partial charge in [-0.15, -0.1) is 0 Å². The van der Waals surface area contributed by atoms with E-state index in [0.717, 1.165) is 29.7 Å². The van der Waals surface area contributed by atoms with E-state index in [4.69, 9.17) is 0 Å². The average molecular weight is 312 g/mol. The highest BCUT2D eigenvalue weighted by Gasteiger charge is 2.20. The molecule has 1 aliphatic heterocycles. The lowest BCUT2D eigenvalue weighted by molar-refractivity contribution is -0.117. The summed E-state index contributed by atoms with van der Waals surface area (Å²) in [6, 6.07) is 8.11. The molecule has 0 bridgehead atoms. The summed E-state index contributed by atoms with van der Waals surface area (Å²) in [4.78, 5) is 14.0. The Hall–Kier alpha value is -0.910. The monoisotopic (exact) mass is 311 g/mol. The Morgan fingerprint density at radius 1 is 1.56 bits per heavy atom. The van der Waals surface area contributed by atoms with Gasteiger partial charge < -0.3 is 10.6 Å². The molecule has 1 atom stereocenters. The van der Waals surface area contributed by atoms with Gasteiger partial charge in [-0.2, -0.15) is 0 Å². The van der Waals surface area contributed by atoms with E-state index in [1.807, 2.05) is 31.3 Å². The van der Waals surface area contributed by atoms with Gasteiger partial charge in [0.05, 0.1) is 12.2 Å². The number of halogens is 1. The lowest BCUT2D eigenvalue weighted by Crippen LogP contribution is -2.39. The molecule has 4 nitrogen and oxygen atoms in total. The van der Waals surface area contributed by atoms with Gasteiger partial charge in [-0.05, 0) is 48.1 Å². The summed E-state index contributed by atoms with van der Waals surface area (Å²) in [5, 5.41) is 6.22. The summed E-state index contributed by atoms with van der Waals surface area (Å²) in [5.41, 5.74) is 0.820. The topological polar surface area (TPSA) is 44.4 Å². The van der Waals surface area contributed by atoms with Gasteiger partial charge in [0.1, 0.15) is 0 Å². The van der Waals surface area contributed by atoms with Crippen molar-refractivity contribution in [3.8, 4) is 0 Å². The number of carbonyl (C=O) groups is 1. The molecule has 1 heterocycles. The maximum absolute atomic E-state index is 11.9. The van der Waals surface area contributed by atoms with Gasteiger partial charge in [0.25, 0.3) is 0 Å². The Labute approximate surface area is 116 Å². The standard InChI is InChI=1S/C13H18BrN3O/c1-17(10-6-7-15-8-10)9-13(18)16-12-5-3-2-4-11(12)14/h2-5,10,15H,6-9H2,1H3,(H,16,18). The third kappa shape index (κ3) is 3.54. The molecule has 1 saturated heterocycles. The molecule has 5 heteroatoms. The molecule has 1 aromatic carbocycles. The molecule has 2 rings (SSSR count). The summed E-state index contributed by atoms with van der Waals surface area (Å²) in [7, 11) is 2.00. The summed E-state index contributed by atoms with van der Waals surface area (Å²) in [6.45, 7) is 2.44. The Bertz CT molecular complexity index is 418. The smallest absolute Gasteiger partial charge is 0.238 e. The largest absolute Gasteiger partial charge is 0.324 e. The van der Waals surface area contributed by atoms with E-state index in [1.54, 1.807) is 0 Å². The Balaban J connectivity index is 1.86. The fourth-order valence-electron chi connectivity index (χ4n) is 2.12. The first-order chi connectivity index (χ1) is 8.66. The number of amides is 1. The molecule has 1 aliphatic rings. The van der Waals surface area contributed by atoms with E-state index in [1.165, 1.54) is 0 Å². The van der Waals surface area contributed by atoms with Crippen LogP contribution in [0.5, 0.6) is 0 Å². The number of anilines is 1. The van der Waals surface area contributed by atoms with Gasteiger partial charge in [-0.25, -0.2) is 0 Å². The van der Waals surface area contributed by atoms with Crippen LogP contribution in [0.4, 0.5) is 5.69 Å². The Kier molecular flexibility index (Phi) is 4.74. The fraction of sp³-hybridized carbons (Fsp3) is 0.462. The van der Waals surface area contributed by atoms with Gasteiger partial charge in [-0.1, -0.05) is 12.1 Å². The zero-order valence-corrected chi connectivity index (χ0v) is 12.0. The van der Waals surface area contributed by atoms with Crippen molar-refractivity contribution in [2.75, 3.05) is 32.0 Å². The third-order valence-electron chi connectivity index (χ3n) is 3.20. The third-order valence-corrected chi connectivity index (χ3v) is 3.89. The van der Waals surface area contributed by atoms with Crippen LogP contribution in [0.1, 0.15) is 6.42 Å². The number of rotatable bonds is 4. The number of nitrogens with zero attached hydrogens (tertiary/aromatic N) is 1. The van der Waals surface area contributed by atoms with Crippen LogP contribution in [0.15, 0.2) is 28.7 Å². The predicted molar refractivity (Wildman–Crippen MR) is 76.7 cm³/mol. The van der Waals surface area contributed by atoms with Crippen molar-refractivity contribution in [2.24, 2.45) is 0 Å². The van der Waals surface area contributed by atoms with E-state index in [0.29, 0.717) is 12.6 Å². The van der Waals surface area contributed by atoms with Crippen LogP contribution < -0.4 is 10.6 Å². The SMILES string of the molecule is CN(CC(=O)Nc1ccccc1Br)C1CCNC1. The van der Waals surface area contributed by atoms with Crippen molar-refractivity contribution in [2.45, 2.75) is 12.5 Å². The molecule has 1 amide bonds. The molecular weight excluding hydrogens is 294 g/mol. The number of carbonyl (C=O) groups excluding carboxylic acids is 1. The Morgan fingerprint density at radius 2 is 2.33 bits per heavy atom. The fourth-order valence-corrected chi connectivity index (χ4v) is 2.51. The molecular formula is C13H18BrN3O. The van der Waals surface area contributed by atoms with E-state index < -0.39 is 0 Å². The maximum atomic E-state index is 11.9. The van der Waals surface area contributed by atoms with Crippen LogP contribution in [0.3, 0.4) is 0 Å². The van der Waals surface area contributed by atoms with Crippen LogP contribution in [-0.4, -0.2) is 43.5 Å². The molecule has 0 aromatic heterocycles. The van der Waals surface area contributed by atoms with E-state index >= 15 is 0 Å². The highest BCUT2D eigenvalue weighted by Crippen LogP contribution is 2.21. The lowest BCUT2D eigenvalue weighted by atomic mass is 10.2. The Morgan fingerprint density at radius 3 is 3.00 bits per heavy atom. The number of hydrogen-bond donors (Lipinski definition) is 2. The molecule has 2 N–H and O–H groups in total. The minimum atomic E-state index is 0.0244. The van der Waals surface area contributed by atoms with Crippen molar-refractivity contribution >= 4 is 27.5 Å². The van der Waals surface area contributed by atoms with Crippen molar-refractivity contribution in [1.82, 2.24) is 10.2 Å². The molecule has 0 saturated carbocycles. The zero-order valence-electron chi connectivity index (χ0n) is 10.4. The molecule has 1 aromatic rings. The van der Waals surface area contributed by atoms with Gasteiger partial charge in [0.15, 0.2) is 0 Å². The molecule has 1 unspecified atom stereocenters. The summed E-state index contributed by atoms with van der Waals surface area (Å²) >= 11 is 3.42. The number of likely N-dealkylation sites (N-methyl/N-ethyl adjacent to an activating group) is 1. The molecule has 98 valence electrons. The van der Waals surface area contributed by atoms with Crippen LogP contribution in [-0.2, 0) is 4.79 Å². The first-order valence-electron chi connectivity index (χ1n) is 6.12. The van der Waals surface area contributed by atoms with Gasteiger partial charge in [-0.3, -0.25) is 9.69 Å². The lowest BCUT2D eigenvalue weighted by Gasteiger charge is -2.22. The van der Waals surface area contributed by atoms with Crippen molar-refractivity contribution in [3.05, 3.63) is 28.7 Å². The highest BCUT2D eigenvalue weighted by molar-refractivity contribution is 9.10. The molecule has 0 radical (unpaired) electrons. The van der Waals surface area contributed by atoms with E-state index in [2.05, 4.69) is 31.5 Å². The van der Waals surface area contributed by atoms with Crippen molar-refractivity contribution < 1.29 is 4.79 Å². The average Bonchev–Trinajstić information content (AvgIpc) is 2.85. The summed E-state index contributed by atoms with van der Waals surface area (Å²) in [5.74, 6) is 0.0244.